The highest BCUT2D eigenvalue weighted by molar-refractivity contribution is 6.01. The van der Waals surface area contributed by atoms with Crippen LogP contribution in [0, 0.1) is 0 Å². The van der Waals surface area contributed by atoms with E-state index in [2.05, 4.69) is 0 Å². The smallest absolute Gasteiger partial charge is 0.337 e. The van der Waals surface area contributed by atoms with Crippen molar-refractivity contribution in [1.29, 1.82) is 0 Å². The average molecular weight is 221 g/mol. The van der Waals surface area contributed by atoms with Crippen LogP contribution in [0.2, 0.25) is 0 Å². The third-order valence-corrected chi connectivity index (χ3v) is 2.25. The number of carboxylic acid groups (broad SMARTS) is 1. The van der Waals surface area contributed by atoms with Crippen LogP contribution >= 0.6 is 0 Å². The topological polar surface area (TPSA) is 57.6 Å². The van der Waals surface area contributed by atoms with Gasteiger partial charge in [0.25, 0.3) is 0 Å². The molecule has 1 N–H and O–H groups in total. The van der Waals surface area contributed by atoms with Gasteiger partial charge in [0.2, 0.25) is 5.91 Å². The lowest BCUT2D eigenvalue weighted by Crippen LogP contribution is -2.30. The number of rotatable bonds is 4. The highest BCUT2D eigenvalue weighted by Crippen LogP contribution is 2.20. The van der Waals surface area contributed by atoms with Gasteiger partial charge in [-0.05, 0) is 18.6 Å². The third kappa shape index (κ3) is 2.59. The number of hydrogen-bond acceptors (Lipinski definition) is 2. The second-order valence-corrected chi connectivity index (χ2v) is 3.49. The summed E-state index contributed by atoms with van der Waals surface area (Å²) in [7, 11) is 0. The Hall–Kier alpha value is -1.84. The van der Waals surface area contributed by atoms with E-state index in [0.29, 0.717) is 12.2 Å². The SMILES string of the molecule is CCCN(C(C)=O)c1ccccc1C(=O)O. The number of hydrogen-bond donors (Lipinski definition) is 1. The van der Waals surface area contributed by atoms with Crippen LogP contribution in [0.3, 0.4) is 0 Å². The van der Waals surface area contributed by atoms with Crippen LogP contribution < -0.4 is 4.90 Å². The summed E-state index contributed by atoms with van der Waals surface area (Å²) in [6, 6.07) is 6.54. The van der Waals surface area contributed by atoms with Gasteiger partial charge in [-0.1, -0.05) is 19.1 Å². The predicted octanol–water partition coefficient (Wildman–Crippen LogP) is 2.15. The van der Waals surface area contributed by atoms with Gasteiger partial charge in [0.1, 0.15) is 0 Å². The molecule has 1 aromatic rings. The summed E-state index contributed by atoms with van der Waals surface area (Å²) in [5.41, 5.74) is 0.621. The van der Waals surface area contributed by atoms with Gasteiger partial charge < -0.3 is 10.0 Å². The molecule has 0 aliphatic carbocycles. The molecule has 1 rings (SSSR count). The van der Waals surface area contributed by atoms with E-state index in [9.17, 15) is 9.59 Å². The Bertz CT molecular complexity index is 401. The van der Waals surface area contributed by atoms with Crippen LogP contribution in [0.1, 0.15) is 30.6 Å². The highest BCUT2D eigenvalue weighted by Gasteiger charge is 2.17. The molecule has 4 nitrogen and oxygen atoms in total. The first-order chi connectivity index (χ1) is 7.57. The van der Waals surface area contributed by atoms with Crippen molar-refractivity contribution in [3.05, 3.63) is 29.8 Å². The zero-order valence-electron chi connectivity index (χ0n) is 9.43. The fraction of sp³-hybridized carbons (Fsp3) is 0.333. The van der Waals surface area contributed by atoms with Gasteiger partial charge >= 0.3 is 5.97 Å². The minimum Gasteiger partial charge on any atom is -0.478 e. The second-order valence-electron chi connectivity index (χ2n) is 3.49. The van der Waals surface area contributed by atoms with Gasteiger partial charge in [-0.15, -0.1) is 0 Å². The molecule has 0 atom stereocenters. The number of carbonyl (C=O) groups excluding carboxylic acids is 1. The van der Waals surface area contributed by atoms with E-state index in [0.717, 1.165) is 6.42 Å². The summed E-state index contributed by atoms with van der Waals surface area (Å²) in [6.07, 6.45) is 0.785. The van der Waals surface area contributed by atoms with Gasteiger partial charge in [0, 0.05) is 13.5 Å². The first kappa shape index (κ1) is 12.2. The molecule has 1 aromatic carbocycles. The molecule has 0 radical (unpaired) electrons. The second kappa shape index (κ2) is 5.30. The highest BCUT2D eigenvalue weighted by atomic mass is 16.4. The Kier molecular flexibility index (Phi) is 4.05. The summed E-state index contributed by atoms with van der Waals surface area (Å²) >= 11 is 0. The molecule has 0 aliphatic rings. The van der Waals surface area contributed by atoms with Gasteiger partial charge in [0.15, 0.2) is 0 Å². The molecular weight excluding hydrogens is 206 g/mol. The molecule has 0 saturated heterocycles. The lowest BCUT2D eigenvalue weighted by molar-refractivity contribution is -0.116. The lowest BCUT2D eigenvalue weighted by Gasteiger charge is -2.22. The molecule has 0 aliphatic heterocycles. The molecule has 0 saturated carbocycles. The normalized spacial score (nSPS) is 9.88. The van der Waals surface area contributed by atoms with E-state index in [4.69, 9.17) is 5.11 Å². The van der Waals surface area contributed by atoms with E-state index in [1.165, 1.54) is 17.9 Å². The maximum absolute atomic E-state index is 11.4. The molecule has 16 heavy (non-hydrogen) atoms. The van der Waals surface area contributed by atoms with Gasteiger partial charge in [0.05, 0.1) is 11.3 Å². The number of para-hydroxylation sites is 1. The largest absolute Gasteiger partial charge is 0.478 e. The molecule has 0 spiro atoms. The van der Waals surface area contributed by atoms with Crippen molar-refractivity contribution in [2.24, 2.45) is 0 Å². The number of nitrogens with zero attached hydrogens (tertiary/aromatic N) is 1. The molecule has 86 valence electrons. The van der Waals surface area contributed by atoms with Gasteiger partial charge in [-0.3, -0.25) is 4.79 Å². The van der Waals surface area contributed by atoms with Gasteiger partial charge in [-0.2, -0.15) is 0 Å². The summed E-state index contributed by atoms with van der Waals surface area (Å²) < 4.78 is 0. The van der Waals surface area contributed by atoms with Crippen LogP contribution in [0.25, 0.3) is 0 Å². The average Bonchev–Trinajstić information content (AvgIpc) is 2.25. The van der Waals surface area contributed by atoms with Crippen LogP contribution in [-0.2, 0) is 4.79 Å². The first-order valence-corrected chi connectivity index (χ1v) is 5.18. The Labute approximate surface area is 94.5 Å². The molecule has 0 bridgehead atoms. The van der Waals surface area contributed by atoms with Crippen LogP contribution in [-0.4, -0.2) is 23.5 Å². The number of aromatic carboxylic acids is 1. The van der Waals surface area contributed by atoms with Crippen molar-refractivity contribution in [3.63, 3.8) is 0 Å². The zero-order chi connectivity index (χ0) is 12.1. The van der Waals surface area contributed by atoms with Crippen LogP contribution in [0.4, 0.5) is 5.69 Å². The molecule has 0 unspecified atom stereocenters. The maximum Gasteiger partial charge on any atom is 0.337 e. The van der Waals surface area contributed by atoms with Gasteiger partial charge in [-0.25, -0.2) is 4.79 Å². The summed E-state index contributed by atoms with van der Waals surface area (Å²) in [5, 5.41) is 9.03. The number of anilines is 1. The molecule has 4 heteroatoms. The maximum atomic E-state index is 11.4. The van der Waals surface area contributed by atoms with Crippen molar-refractivity contribution >= 4 is 17.6 Å². The van der Waals surface area contributed by atoms with E-state index < -0.39 is 5.97 Å². The van der Waals surface area contributed by atoms with E-state index >= 15 is 0 Å². The molecular formula is C12H15NO3. The minimum atomic E-state index is -1.02. The molecule has 0 fully saturated rings. The zero-order valence-corrected chi connectivity index (χ0v) is 9.43. The van der Waals surface area contributed by atoms with Crippen LogP contribution in [0.15, 0.2) is 24.3 Å². The van der Waals surface area contributed by atoms with E-state index in [1.54, 1.807) is 18.2 Å². The van der Waals surface area contributed by atoms with E-state index in [1.807, 2.05) is 6.92 Å². The van der Waals surface area contributed by atoms with Crippen molar-refractivity contribution in [3.8, 4) is 0 Å². The standard InChI is InChI=1S/C12H15NO3/c1-3-8-13(9(2)14)11-7-5-4-6-10(11)12(15)16/h4-7H,3,8H2,1-2H3,(H,15,16). The summed E-state index contributed by atoms with van der Waals surface area (Å²) in [6.45, 7) is 3.91. The molecule has 0 heterocycles. The predicted molar refractivity (Wildman–Crippen MR) is 61.7 cm³/mol. The first-order valence-electron chi connectivity index (χ1n) is 5.18. The van der Waals surface area contributed by atoms with Crippen LogP contribution in [0.5, 0.6) is 0 Å². The van der Waals surface area contributed by atoms with E-state index in [-0.39, 0.29) is 11.5 Å². The van der Waals surface area contributed by atoms with Crippen molar-refractivity contribution in [2.45, 2.75) is 20.3 Å². The number of amides is 1. The number of carboxylic acids is 1. The van der Waals surface area contributed by atoms with Crippen molar-refractivity contribution in [1.82, 2.24) is 0 Å². The minimum absolute atomic E-state index is 0.143. The third-order valence-electron chi connectivity index (χ3n) is 2.25. The number of carbonyl (C=O) groups is 2. The fourth-order valence-electron chi connectivity index (χ4n) is 1.56. The summed E-state index contributed by atoms with van der Waals surface area (Å²) in [5.74, 6) is -1.16. The Morgan fingerprint density at radius 2 is 1.94 bits per heavy atom. The molecule has 0 aromatic heterocycles. The Balaban J connectivity index is 3.17. The Morgan fingerprint density at radius 1 is 1.31 bits per heavy atom. The lowest BCUT2D eigenvalue weighted by atomic mass is 10.1. The van der Waals surface area contributed by atoms with Crippen molar-refractivity contribution < 1.29 is 14.7 Å². The molecule has 1 amide bonds. The quantitative estimate of drug-likeness (QED) is 0.847. The Morgan fingerprint density at radius 3 is 2.44 bits per heavy atom. The number of benzene rings is 1. The summed E-state index contributed by atoms with van der Waals surface area (Å²) in [4.78, 5) is 23.9. The fourth-order valence-corrected chi connectivity index (χ4v) is 1.56. The van der Waals surface area contributed by atoms with Crippen molar-refractivity contribution in [2.75, 3.05) is 11.4 Å². The monoisotopic (exact) mass is 221 g/mol.